The molecule has 0 bridgehead atoms. The lowest BCUT2D eigenvalue weighted by atomic mass is 10.1. The lowest BCUT2D eigenvalue weighted by molar-refractivity contribution is -0.123. The van der Waals surface area contributed by atoms with Gasteiger partial charge in [0.2, 0.25) is 0 Å². The molecule has 27 heavy (non-hydrogen) atoms. The van der Waals surface area contributed by atoms with Gasteiger partial charge >= 0.3 is 0 Å². The van der Waals surface area contributed by atoms with Crippen molar-refractivity contribution in [2.75, 3.05) is 13.2 Å². The molecule has 1 aliphatic rings. The summed E-state index contributed by atoms with van der Waals surface area (Å²) in [7, 11) is 0. The fourth-order valence-electron chi connectivity index (χ4n) is 2.62. The van der Waals surface area contributed by atoms with E-state index in [-0.39, 0.29) is 18.0 Å². The van der Waals surface area contributed by atoms with Gasteiger partial charge in [0.15, 0.2) is 16.7 Å². The molecule has 2 rings (SSSR count). The van der Waals surface area contributed by atoms with Crippen LogP contribution in [0.1, 0.15) is 47.1 Å². The Balaban J connectivity index is 2.44. The van der Waals surface area contributed by atoms with E-state index in [1.54, 1.807) is 11.0 Å². The summed E-state index contributed by atoms with van der Waals surface area (Å²) in [5, 5.41) is 1.19. The quantitative estimate of drug-likeness (QED) is 0.578. The normalized spacial score (nSPS) is 17.7. The van der Waals surface area contributed by atoms with Crippen molar-refractivity contribution in [1.82, 2.24) is 4.90 Å². The minimum atomic E-state index is -0.0441. The van der Waals surface area contributed by atoms with Crippen LogP contribution in [-0.2, 0) is 4.79 Å². The Hall–Kier alpha value is -1.66. The van der Waals surface area contributed by atoms with Crippen molar-refractivity contribution in [1.29, 1.82) is 0 Å². The first-order chi connectivity index (χ1) is 12.8. The van der Waals surface area contributed by atoms with Crippen LogP contribution in [0.15, 0.2) is 22.0 Å². The molecule has 148 valence electrons. The number of rotatable bonds is 7. The highest BCUT2D eigenvalue weighted by Crippen LogP contribution is 2.39. The van der Waals surface area contributed by atoms with Gasteiger partial charge in [-0.3, -0.25) is 14.7 Å². The van der Waals surface area contributed by atoms with Gasteiger partial charge in [0.05, 0.1) is 23.1 Å². The van der Waals surface area contributed by atoms with Crippen LogP contribution in [0.3, 0.4) is 0 Å². The number of amides is 1. The fraction of sp³-hybridized carbons (Fsp3) is 0.500. The average Bonchev–Trinajstić information content (AvgIpc) is 2.85. The van der Waals surface area contributed by atoms with E-state index >= 15 is 0 Å². The maximum atomic E-state index is 12.9. The van der Waals surface area contributed by atoms with Crippen molar-refractivity contribution in [2.24, 2.45) is 4.99 Å². The SMILES string of the molecule is CCOc1cc(/C=C2/SC(=NC(C)C)N(C(C)C)C2=O)cc(Cl)c1OCC. The summed E-state index contributed by atoms with van der Waals surface area (Å²) in [5.41, 5.74) is 0.789. The Bertz CT molecular complexity index is 760. The Morgan fingerprint density at radius 3 is 2.41 bits per heavy atom. The summed E-state index contributed by atoms with van der Waals surface area (Å²) in [6.07, 6.45) is 1.83. The average molecular weight is 411 g/mol. The van der Waals surface area contributed by atoms with Crippen molar-refractivity contribution in [3.63, 3.8) is 0 Å². The number of hydrogen-bond acceptors (Lipinski definition) is 5. The molecule has 5 nitrogen and oxygen atoms in total. The van der Waals surface area contributed by atoms with Gasteiger partial charge in [-0.15, -0.1) is 0 Å². The third-order valence-electron chi connectivity index (χ3n) is 3.64. The Morgan fingerprint density at radius 2 is 1.85 bits per heavy atom. The third kappa shape index (κ3) is 5.20. The van der Waals surface area contributed by atoms with E-state index in [1.165, 1.54) is 11.8 Å². The Kier molecular flexibility index (Phi) is 7.62. The molecule has 7 heteroatoms. The van der Waals surface area contributed by atoms with E-state index in [4.69, 9.17) is 21.1 Å². The number of carbonyl (C=O) groups is 1. The molecule has 1 aromatic carbocycles. The molecule has 0 radical (unpaired) electrons. The summed E-state index contributed by atoms with van der Waals surface area (Å²) in [6, 6.07) is 3.79. The molecule has 0 spiro atoms. The highest BCUT2D eigenvalue weighted by molar-refractivity contribution is 8.18. The number of carbonyl (C=O) groups excluding carboxylic acids is 1. The highest BCUT2D eigenvalue weighted by Gasteiger charge is 2.35. The first-order valence-corrected chi connectivity index (χ1v) is 10.4. The topological polar surface area (TPSA) is 51.1 Å². The zero-order chi connectivity index (χ0) is 20.1. The summed E-state index contributed by atoms with van der Waals surface area (Å²) >= 11 is 7.78. The first-order valence-electron chi connectivity index (χ1n) is 9.18. The lowest BCUT2D eigenvalue weighted by Gasteiger charge is -2.20. The second-order valence-electron chi connectivity index (χ2n) is 6.58. The number of ether oxygens (including phenoxy) is 2. The first kappa shape index (κ1) is 21.6. The molecule has 1 amide bonds. The maximum absolute atomic E-state index is 12.9. The zero-order valence-corrected chi connectivity index (χ0v) is 18.3. The molecule has 1 aromatic rings. The molecule has 0 atom stereocenters. The maximum Gasteiger partial charge on any atom is 0.266 e. The van der Waals surface area contributed by atoms with Gasteiger partial charge in [0, 0.05) is 12.1 Å². The lowest BCUT2D eigenvalue weighted by Crippen LogP contribution is -2.35. The van der Waals surface area contributed by atoms with Gasteiger partial charge in [-0.25, -0.2) is 0 Å². The standard InChI is InChI=1S/C20H27ClN2O3S/c1-7-25-16-10-14(9-15(21)18(16)26-8-2)11-17-19(24)23(13(5)6)20(27-17)22-12(3)4/h9-13H,7-8H2,1-6H3/b17-11+,22-20?. The predicted octanol–water partition coefficient (Wildman–Crippen LogP) is 5.23. The van der Waals surface area contributed by atoms with Gasteiger partial charge in [-0.05, 0) is 77.1 Å². The van der Waals surface area contributed by atoms with Crippen LogP contribution in [-0.4, -0.2) is 41.3 Å². The van der Waals surface area contributed by atoms with Gasteiger partial charge in [-0.1, -0.05) is 11.6 Å². The van der Waals surface area contributed by atoms with Crippen LogP contribution in [0.2, 0.25) is 5.02 Å². The molecular formula is C20H27ClN2O3S. The van der Waals surface area contributed by atoms with Gasteiger partial charge in [0.25, 0.3) is 5.91 Å². The van der Waals surface area contributed by atoms with Gasteiger partial charge in [-0.2, -0.15) is 0 Å². The number of hydrogen-bond donors (Lipinski definition) is 0. The molecule has 1 aliphatic heterocycles. The molecule has 1 heterocycles. The van der Waals surface area contributed by atoms with Crippen molar-refractivity contribution < 1.29 is 14.3 Å². The van der Waals surface area contributed by atoms with Crippen molar-refractivity contribution in [3.05, 3.63) is 27.6 Å². The Labute approximate surface area is 170 Å². The van der Waals surface area contributed by atoms with Crippen molar-refractivity contribution >= 4 is 40.5 Å². The van der Waals surface area contributed by atoms with Gasteiger partial charge < -0.3 is 9.47 Å². The summed E-state index contributed by atoms with van der Waals surface area (Å²) in [4.78, 5) is 19.8. The van der Waals surface area contributed by atoms with E-state index in [0.29, 0.717) is 34.6 Å². The molecule has 0 saturated carbocycles. The molecule has 0 aliphatic carbocycles. The smallest absolute Gasteiger partial charge is 0.266 e. The number of halogens is 1. The van der Waals surface area contributed by atoms with Crippen LogP contribution in [0.25, 0.3) is 6.08 Å². The highest BCUT2D eigenvalue weighted by atomic mass is 35.5. The minimum Gasteiger partial charge on any atom is -0.490 e. The van der Waals surface area contributed by atoms with E-state index < -0.39 is 0 Å². The largest absolute Gasteiger partial charge is 0.490 e. The second-order valence-corrected chi connectivity index (χ2v) is 8.00. The number of nitrogens with zero attached hydrogens (tertiary/aromatic N) is 2. The van der Waals surface area contributed by atoms with Crippen LogP contribution >= 0.6 is 23.4 Å². The predicted molar refractivity (Wildman–Crippen MR) is 114 cm³/mol. The molecule has 1 fully saturated rings. The van der Waals surface area contributed by atoms with Crippen molar-refractivity contribution in [3.8, 4) is 11.5 Å². The zero-order valence-electron chi connectivity index (χ0n) is 16.7. The number of benzene rings is 1. The fourth-order valence-corrected chi connectivity index (χ4v) is 4.13. The van der Waals surface area contributed by atoms with Crippen LogP contribution < -0.4 is 9.47 Å². The van der Waals surface area contributed by atoms with E-state index in [1.807, 2.05) is 53.7 Å². The van der Waals surface area contributed by atoms with E-state index in [9.17, 15) is 4.79 Å². The minimum absolute atomic E-state index is 0.0382. The molecule has 0 unspecified atom stereocenters. The molecule has 0 N–H and O–H groups in total. The van der Waals surface area contributed by atoms with Crippen LogP contribution in [0, 0.1) is 0 Å². The number of thioether (sulfide) groups is 1. The monoisotopic (exact) mass is 410 g/mol. The van der Waals surface area contributed by atoms with Crippen LogP contribution in [0.5, 0.6) is 11.5 Å². The van der Waals surface area contributed by atoms with Crippen LogP contribution in [0.4, 0.5) is 0 Å². The number of amidine groups is 1. The number of aliphatic imine (C=N–C) groups is 1. The summed E-state index contributed by atoms with van der Waals surface area (Å²) < 4.78 is 11.3. The Morgan fingerprint density at radius 1 is 1.19 bits per heavy atom. The van der Waals surface area contributed by atoms with E-state index in [0.717, 1.165) is 10.7 Å². The van der Waals surface area contributed by atoms with Gasteiger partial charge in [0.1, 0.15) is 0 Å². The third-order valence-corrected chi connectivity index (χ3v) is 4.92. The molecule has 0 aromatic heterocycles. The summed E-state index contributed by atoms with van der Waals surface area (Å²) in [6.45, 7) is 12.8. The second kappa shape index (κ2) is 9.51. The van der Waals surface area contributed by atoms with E-state index in [2.05, 4.69) is 4.99 Å². The molecule has 1 saturated heterocycles. The molecular weight excluding hydrogens is 384 g/mol. The van der Waals surface area contributed by atoms with Crippen molar-refractivity contribution in [2.45, 2.75) is 53.6 Å². The summed E-state index contributed by atoms with van der Waals surface area (Å²) in [5.74, 6) is 1.06.